The number of benzene rings is 1. The Kier molecular flexibility index (Phi) is 10.1. The van der Waals surface area contributed by atoms with Gasteiger partial charge in [-0.2, -0.15) is 11.8 Å². The van der Waals surface area contributed by atoms with Gasteiger partial charge in [0.05, 0.1) is 12.5 Å². The number of aromatic nitrogens is 1. The van der Waals surface area contributed by atoms with Crippen LogP contribution in [0.3, 0.4) is 0 Å². The molecule has 1 aromatic carbocycles. The van der Waals surface area contributed by atoms with Crippen molar-refractivity contribution >= 4 is 52.3 Å². The number of rotatable bonds is 13. The molecule has 8 N–H and O–H groups in total. The smallest absolute Gasteiger partial charge is 0.326 e. The highest BCUT2D eigenvalue weighted by molar-refractivity contribution is 7.98. The van der Waals surface area contributed by atoms with Gasteiger partial charge >= 0.3 is 5.97 Å². The number of fused-ring (bicyclic) bond motifs is 1. The third-order valence-corrected chi connectivity index (χ3v) is 7.18. The summed E-state index contributed by atoms with van der Waals surface area (Å²) in [6.45, 7) is 0.288. The molecule has 0 bridgehead atoms. The van der Waals surface area contributed by atoms with E-state index in [4.69, 9.17) is 11.5 Å². The number of nitrogens with zero attached hydrogens (tertiary/aromatic N) is 1. The van der Waals surface area contributed by atoms with Crippen LogP contribution in [-0.2, 0) is 30.4 Å². The maximum atomic E-state index is 13.2. The number of aromatic amines is 1. The van der Waals surface area contributed by atoms with Crippen LogP contribution in [0.25, 0.3) is 10.9 Å². The fourth-order valence-corrected chi connectivity index (χ4v) is 5.06. The van der Waals surface area contributed by atoms with Gasteiger partial charge in [-0.15, -0.1) is 0 Å². The molecule has 206 valence electrons. The van der Waals surface area contributed by atoms with Crippen molar-refractivity contribution < 1.29 is 29.1 Å². The van der Waals surface area contributed by atoms with Gasteiger partial charge < -0.3 is 37.1 Å². The highest BCUT2D eigenvalue weighted by Crippen LogP contribution is 2.21. The fraction of sp³-hybridized carbons (Fsp3) is 0.480. The number of H-pyrrole nitrogens is 1. The zero-order valence-electron chi connectivity index (χ0n) is 21.1. The lowest BCUT2D eigenvalue weighted by molar-refractivity contribution is -0.143. The van der Waals surface area contributed by atoms with Crippen molar-refractivity contribution in [1.82, 2.24) is 20.5 Å². The van der Waals surface area contributed by atoms with Crippen molar-refractivity contribution in [2.24, 2.45) is 11.5 Å². The lowest BCUT2D eigenvalue weighted by Crippen LogP contribution is -2.57. The zero-order valence-corrected chi connectivity index (χ0v) is 22.0. The Bertz CT molecular complexity index is 1190. The zero-order chi connectivity index (χ0) is 27.8. The monoisotopic (exact) mass is 546 g/mol. The summed E-state index contributed by atoms with van der Waals surface area (Å²) in [6, 6.07) is 3.22. The Morgan fingerprint density at radius 2 is 1.92 bits per heavy atom. The van der Waals surface area contributed by atoms with Crippen molar-refractivity contribution in [3.63, 3.8) is 0 Å². The first-order valence-electron chi connectivity index (χ1n) is 12.3. The predicted octanol–water partition coefficient (Wildman–Crippen LogP) is -0.289. The summed E-state index contributed by atoms with van der Waals surface area (Å²) in [7, 11) is 0. The average Bonchev–Trinajstić information content (AvgIpc) is 3.52. The fourth-order valence-electron chi connectivity index (χ4n) is 4.59. The second-order valence-corrected chi connectivity index (χ2v) is 10.3. The van der Waals surface area contributed by atoms with Crippen molar-refractivity contribution in [2.45, 2.75) is 56.3 Å². The molecule has 1 aliphatic rings. The quantitative estimate of drug-likeness (QED) is 0.197. The number of carbonyl (C=O) groups excluding carboxylic acids is 4. The molecule has 2 heterocycles. The summed E-state index contributed by atoms with van der Waals surface area (Å²) in [4.78, 5) is 66.7. The molecule has 4 amide bonds. The van der Waals surface area contributed by atoms with E-state index in [-0.39, 0.29) is 25.8 Å². The summed E-state index contributed by atoms with van der Waals surface area (Å²) < 4.78 is 0. The summed E-state index contributed by atoms with van der Waals surface area (Å²) >= 11 is 1.48. The van der Waals surface area contributed by atoms with E-state index in [0.29, 0.717) is 18.6 Å². The van der Waals surface area contributed by atoms with E-state index in [1.54, 1.807) is 6.20 Å². The minimum atomic E-state index is -1.22. The molecule has 1 saturated heterocycles. The summed E-state index contributed by atoms with van der Waals surface area (Å²) in [5.74, 6) is -3.10. The van der Waals surface area contributed by atoms with Crippen LogP contribution in [-0.4, -0.2) is 87.3 Å². The normalized spacial score (nSPS) is 17.5. The molecular formula is C25H34N6O6S. The molecule has 12 nitrogen and oxygen atoms in total. The molecule has 0 saturated carbocycles. The van der Waals surface area contributed by atoms with E-state index in [1.165, 1.54) is 16.7 Å². The number of hydrogen-bond acceptors (Lipinski definition) is 7. The van der Waals surface area contributed by atoms with Gasteiger partial charge in [-0.25, -0.2) is 4.79 Å². The third-order valence-electron chi connectivity index (χ3n) is 6.53. The Morgan fingerprint density at radius 1 is 1.18 bits per heavy atom. The number of amides is 4. The second kappa shape index (κ2) is 13.3. The van der Waals surface area contributed by atoms with Crippen LogP contribution in [0.1, 0.15) is 31.2 Å². The largest absolute Gasteiger partial charge is 0.480 e. The average molecular weight is 547 g/mol. The second-order valence-electron chi connectivity index (χ2n) is 9.27. The minimum Gasteiger partial charge on any atom is -0.480 e. The minimum absolute atomic E-state index is 0.0525. The maximum Gasteiger partial charge on any atom is 0.326 e. The van der Waals surface area contributed by atoms with Gasteiger partial charge in [0.15, 0.2) is 0 Å². The van der Waals surface area contributed by atoms with Crippen LogP contribution in [0.5, 0.6) is 0 Å². The number of carboxylic acids is 1. The van der Waals surface area contributed by atoms with E-state index < -0.39 is 53.8 Å². The van der Waals surface area contributed by atoms with Gasteiger partial charge in [-0.05, 0) is 42.9 Å². The summed E-state index contributed by atoms with van der Waals surface area (Å²) in [5, 5.41) is 15.9. The molecule has 4 unspecified atom stereocenters. The third kappa shape index (κ3) is 7.25. The molecule has 38 heavy (non-hydrogen) atoms. The molecule has 0 aliphatic carbocycles. The predicted molar refractivity (Wildman–Crippen MR) is 143 cm³/mol. The Hall–Kier alpha value is -3.58. The first-order chi connectivity index (χ1) is 18.1. The lowest BCUT2D eigenvalue weighted by Gasteiger charge is -2.28. The number of carboxylic acid groups (broad SMARTS) is 1. The van der Waals surface area contributed by atoms with Crippen molar-refractivity contribution in [2.75, 3.05) is 18.6 Å². The number of primary amides is 1. The van der Waals surface area contributed by atoms with Crippen LogP contribution in [0.15, 0.2) is 30.5 Å². The van der Waals surface area contributed by atoms with E-state index >= 15 is 0 Å². The number of nitrogens with two attached hydrogens (primary N) is 2. The number of likely N-dealkylation sites (tertiary alicyclic amines) is 1. The van der Waals surface area contributed by atoms with Gasteiger partial charge in [0.1, 0.15) is 18.1 Å². The highest BCUT2D eigenvalue weighted by atomic mass is 32.2. The lowest BCUT2D eigenvalue weighted by atomic mass is 10.0. The molecule has 13 heteroatoms. The molecule has 0 spiro atoms. The van der Waals surface area contributed by atoms with Gasteiger partial charge in [0.2, 0.25) is 23.6 Å². The van der Waals surface area contributed by atoms with E-state index in [9.17, 15) is 29.1 Å². The van der Waals surface area contributed by atoms with E-state index in [1.807, 2.05) is 30.5 Å². The highest BCUT2D eigenvalue weighted by Gasteiger charge is 2.38. The topological polar surface area (TPSA) is 201 Å². The number of hydrogen-bond donors (Lipinski definition) is 6. The van der Waals surface area contributed by atoms with Crippen LogP contribution in [0.2, 0.25) is 0 Å². The van der Waals surface area contributed by atoms with Crippen molar-refractivity contribution in [3.05, 3.63) is 36.0 Å². The van der Waals surface area contributed by atoms with Gasteiger partial charge in [-0.3, -0.25) is 19.2 Å². The Balaban J connectivity index is 1.70. The van der Waals surface area contributed by atoms with Crippen LogP contribution >= 0.6 is 11.8 Å². The SMILES string of the molecule is CSCCC(NC(=O)C1CCCN1C(=O)C(N)CC(N)=O)C(=O)NC(Cc1c[nH]c2ccccc12)C(=O)O. The number of nitrogens with one attached hydrogen (secondary N) is 3. The molecule has 2 aromatic rings. The molecule has 4 atom stereocenters. The van der Waals surface area contributed by atoms with Crippen molar-refractivity contribution in [3.8, 4) is 0 Å². The standard InChI is InChI=1S/C25H34N6O6S/c1-38-10-8-18(29-23(34)20-7-4-9-31(20)24(35)16(26)12-21(27)32)22(33)30-19(25(36)37)11-14-13-28-17-6-3-2-5-15(14)17/h2-3,5-6,13,16,18-20,28H,4,7-12,26H2,1H3,(H2,27,32)(H,29,34)(H,30,33)(H,36,37). The van der Waals surface area contributed by atoms with Crippen LogP contribution in [0, 0.1) is 0 Å². The first-order valence-corrected chi connectivity index (χ1v) is 13.7. The van der Waals surface area contributed by atoms with Gasteiger partial charge in [0, 0.05) is 30.1 Å². The number of carbonyl (C=O) groups is 5. The molecule has 1 aliphatic heterocycles. The van der Waals surface area contributed by atoms with Crippen LogP contribution in [0.4, 0.5) is 0 Å². The Labute approximate surface area is 224 Å². The molecule has 1 aromatic heterocycles. The van der Waals surface area contributed by atoms with E-state index in [0.717, 1.165) is 16.5 Å². The molecule has 3 rings (SSSR count). The number of aliphatic carboxylic acids is 1. The maximum absolute atomic E-state index is 13.2. The number of para-hydroxylation sites is 1. The summed E-state index contributed by atoms with van der Waals surface area (Å²) in [6.07, 6.45) is 4.47. The Morgan fingerprint density at radius 3 is 2.61 bits per heavy atom. The van der Waals surface area contributed by atoms with Crippen molar-refractivity contribution in [1.29, 1.82) is 0 Å². The molecule has 0 radical (unpaired) electrons. The van der Waals surface area contributed by atoms with Gasteiger partial charge in [-0.1, -0.05) is 18.2 Å². The van der Waals surface area contributed by atoms with Gasteiger partial charge in [0.25, 0.3) is 0 Å². The van der Waals surface area contributed by atoms with E-state index in [2.05, 4.69) is 15.6 Å². The molecule has 1 fully saturated rings. The molecular weight excluding hydrogens is 512 g/mol. The summed E-state index contributed by atoms with van der Waals surface area (Å²) in [5.41, 5.74) is 12.5. The number of thioether (sulfide) groups is 1. The first kappa shape index (κ1) is 29.0. The van der Waals surface area contributed by atoms with Crippen LogP contribution < -0.4 is 22.1 Å².